The molecule has 1 saturated heterocycles. The fourth-order valence-corrected chi connectivity index (χ4v) is 3.87. The Balaban J connectivity index is 2.06. The van der Waals surface area contributed by atoms with Crippen molar-refractivity contribution in [2.75, 3.05) is 23.3 Å². The number of rotatable bonds is 6. The first kappa shape index (κ1) is 25.2. The second-order valence-corrected chi connectivity index (χ2v) is 8.87. The van der Waals surface area contributed by atoms with Gasteiger partial charge in [0, 0.05) is 37.9 Å². The minimum atomic E-state index is -4.65. The molecule has 9 nitrogen and oxygen atoms in total. The number of halogens is 3. The zero-order chi connectivity index (χ0) is 25.3. The number of alkyl halides is 3. The quantitative estimate of drug-likeness (QED) is 0.499. The van der Waals surface area contributed by atoms with E-state index in [1.807, 2.05) is 4.90 Å². The van der Waals surface area contributed by atoms with Gasteiger partial charge in [0.1, 0.15) is 11.4 Å². The zero-order valence-electron chi connectivity index (χ0n) is 19.2. The number of benzene rings is 1. The van der Waals surface area contributed by atoms with E-state index in [-0.39, 0.29) is 34.6 Å². The summed E-state index contributed by atoms with van der Waals surface area (Å²) in [6.45, 7) is 5.62. The molecule has 34 heavy (non-hydrogen) atoms. The van der Waals surface area contributed by atoms with Gasteiger partial charge in [0.15, 0.2) is 0 Å². The number of carbonyl (C=O) groups excluding carboxylic acids is 2. The standard InChI is InChI=1S/C22H28F3N7O2/c1-12(33)31-21(2,3)13-7-14(22(23,24)25)9-16(8-13)29-19-17(18(27)34)10-28-20(30-19)32-6-4-5-15(26)11-32/h7-10,15H,4-6,11,26H2,1-3H3,(H2,27,34)(H,31,33)(H,28,29,30)/t15-/m0/s1. The highest BCUT2D eigenvalue weighted by Crippen LogP contribution is 2.36. The summed E-state index contributed by atoms with van der Waals surface area (Å²) in [6.07, 6.45) is -1.72. The summed E-state index contributed by atoms with van der Waals surface area (Å²) >= 11 is 0. The van der Waals surface area contributed by atoms with Crippen LogP contribution in [0.4, 0.5) is 30.6 Å². The van der Waals surface area contributed by atoms with Gasteiger partial charge in [0.2, 0.25) is 11.9 Å². The van der Waals surface area contributed by atoms with Gasteiger partial charge in [-0.15, -0.1) is 0 Å². The smallest absolute Gasteiger partial charge is 0.365 e. The molecule has 1 aromatic carbocycles. The number of primary amides is 1. The van der Waals surface area contributed by atoms with Crippen LogP contribution in [0, 0.1) is 0 Å². The third kappa shape index (κ3) is 5.93. The summed E-state index contributed by atoms with van der Waals surface area (Å²) in [5, 5.41) is 5.44. The number of nitrogens with one attached hydrogen (secondary N) is 2. The van der Waals surface area contributed by atoms with E-state index < -0.39 is 29.1 Å². The molecule has 1 aromatic heterocycles. The fraction of sp³-hybridized carbons (Fsp3) is 0.455. The van der Waals surface area contributed by atoms with E-state index in [0.717, 1.165) is 25.0 Å². The summed E-state index contributed by atoms with van der Waals surface area (Å²) in [5.41, 5.74) is 9.60. The van der Waals surface area contributed by atoms with Crippen LogP contribution in [0.5, 0.6) is 0 Å². The number of aromatic nitrogens is 2. The van der Waals surface area contributed by atoms with Gasteiger partial charge in [-0.3, -0.25) is 9.59 Å². The summed E-state index contributed by atoms with van der Waals surface area (Å²) in [5.74, 6) is -0.976. The molecular weight excluding hydrogens is 451 g/mol. The highest BCUT2D eigenvalue weighted by Gasteiger charge is 2.33. The first-order chi connectivity index (χ1) is 15.8. The third-order valence-corrected chi connectivity index (χ3v) is 5.52. The monoisotopic (exact) mass is 479 g/mol. The van der Waals surface area contributed by atoms with Gasteiger partial charge >= 0.3 is 6.18 Å². The predicted molar refractivity (Wildman–Crippen MR) is 122 cm³/mol. The van der Waals surface area contributed by atoms with Gasteiger partial charge in [-0.1, -0.05) is 0 Å². The first-order valence-electron chi connectivity index (χ1n) is 10.7. The van der Waals surface area contributed by atoms with Crippen LogP contribution in [0.1, 0.15) is 55.1 Å². The Hall–Kier alpha value is -3.41. The van der Waals surface area contributed by atoms with Crippen molar-refractivity contribution in [1.82, 2.24) is 15.3 Å². The lowest BCUT2D eigenvalue weighted by Gasteiger charge is -2.31. The van der Waals surface area contributed by atoms with Crippen LogP contribution in [-0.4, -0.2) is 40.9 Å². The molecule has 0 bridgehead atoms. The van der Waals surface area contributed by atoms with Gasteiger partial charge in [0.25, 0.3) is 5.91 Å². The third-order valence-electron chi connectivity index (χ3n) is 5.52. The van der Waals surface area contributed by atoms with Crippen molar-refractivity contribution in [1.29, 1.82) is 0 Å². The van der Waals surface area contributed by atoms with Crippen molar-refractivity contribution in [2.24, 2.45) is 11.5 Å². The van der Waals surface area contributed by atoms with Crippen LogP contribution in [-0.2, 0) is 16.5 Å². The average molecular weight is 480 g/mol. The number of hydrogen-bond donors (Lipinski definition) is 4. The molecular formula is C22H28F3N7O2. The summed E-state index contributed by atoms with van der Waals surface area (Å²) in [4.78, 5) is 34.0. The van der Waals surface area contributed by atoms with E-state index >= 15 is 0 Å². The van der Waals surface area contributed by atoms with Crippen molar-refractivity contribution >= 4 is 29.3 Å². The molecule has 2 amide bonds. The molecule has 2 aromatic rings. The molecule has 6 N–H and O–H groups in total. The van der Waals surface area contributed by atoms with Gasteiger partial charge < -0.3 is 27.0 Å². The average Bonchev–Trinajstić information content (AvgIpc) is 2.72. The molecule has 1 aliphatic rings. The normalized spacial score (nSPS) is 16.8. The molecule has 1 fully saturated rings. The molecule has 0 radical (unpaired) electrons. The zero-order valence-corrected chi connectivity index (χ0v) is 19.2. The summed E-state index contributed by atoms with van der Waals surface area (Å²) in [7, 11) is 0. The number of nitrogens with two attached hydrogens (primary N) is 2. The minimum Gasteiger partial charge on any atom is -0.365 e. The van der Waals surface area contributed by atoms with E-state index in [2.05, 4.69) is 20.6 Å². The lowest BCUT2D eigenvalue weighted by Crippen LogP contribution is -2.43. The van der Waals surface area contributed by atoms with E-state index in [1.165, 1.54) is 19.2 Å². The van der Waals surface area contributed by atoms with Gasteiger partial charge in [-0.05, 0) is 50.5 Å². The van der Waals surface area contributed by atoms with Gasteiger partial charge in [-0.25, -0.2) is 4.98 Å². The molecule has 2 heterocycles. The van der Waals surface area contributed by atoms with Gasteiger partial charge in [-0.2, -0.15) is 18.2 Å². The molecule has 12 heteroatoms. The van der Waals surface area contributed by atoms with E-state index in [1.54, 1.807) is 13.8 Å². The minimum absolute atomic E-state index is 0.0192. The van der Waals surface area contributed by atoms with Crippen LogP contribution in [0.2, 0.25) is 0 Å². The summed E-state index contributed by atoms with van der Waals surface area (Å²) in [6, 6.07) is 3.26. The Bertz CT molecular complexity index is 1090. The van der Waals surface area contributed by atoms with E-state index in [4.69, 9.17) is 11.5 Å². The number of amides is 2. The van der Waals surface area contributed by atoms with Crippen LogP contribution >= 0.6 is 0 Å². The highest BCUT2D eigenvalue weighted by molar-refractivity contribution is 5.98. The van der Waals surface area contributed by atoms with Crippen LogP contribution in [0.15, 0.2) is 24.4 Å². The maximum absolute atomic E-state index is 13.7. The van der Waals surface area contributed by atoms with Crippen molar-refractivity contribution in [3.8, 4) is 0 Å². The molecule has 1 aliphatic heterocycles. The first-order valence-corrected chi connectivity index (χ1v) is 10.7. The predicted octanol–water partition coefficient (Wildman–Crippen LogP) is 2.64. The topological polar surface area (TPSA) is 139 Å². The van der Waals surface area contributed by atoms with Crippen LogP contribution in [0.25, 0.3) is 0 Å². The summed E-state index contributed by atoms with van der Waals surface area (Å²) < 4.78 is 41.0. The SMILES string of the molecule is CC(=O)NC(C)(C)c1cc(Nc2nc(N3CCC[C@H](N)C3)ncc2C(N)=O)cc(C(F)(F)F)c1. The number of carbonyl (C=O) groups is 2. The van der Waals surface area contributed by atoms with E-state index in [0.29, 0.717) is 13.1 Å². The van der Waals surface area contributed by atoms with Crippen molar-refractivity contribution in [3.05, 3.63) is 41.1 Å². The second-order valence-electron chi connectivity index (χ2n) is 8.87. The Labute approximate surface area is 195 Å². The lowest BCUT2D eigenvalue weighted by atomic mass is 9.92. The maximum Gasteiger partial charge on any atom is 0.416 e. The Kier molecular flexibility index (Phi) is 7.01. The fourth-order valence-electron chi connectivity index (χ4n) is 3.87. The molecule has 0 unspecified atom stereocenters. The molecule has 0 aliphatic carbocycles. The van der Waals surface area contributed by atoms with Crippen molar-refractivity contribution < 1.29 is 22.8 Å². The lowest BCUT2D eigenvalue weighted by molar-refractivity contribution is -0.137. The van der Waals surface area contributed by atoms with Crippen LogP contribution < -0.4 is 27.0 Å². The van der Waals surface area contributed by atoms with Crippen LogP contribution in [0.3, 0.4) is 0 Å². The molecule has 184 valence electrons. The van der Waals surface area contributed by atoms with Gasteiger partial charge in [0.05, 0.1) is 11.1 Å². The largest absolute Gasteiger partial charge is 0.416 e. The van der Waals surface area contributed by atoms with Crippen molar-refractivity contribution in [2.45, 2.75) is 51.4 Å². The maximum atomic E-state index is 13.7. The Morgan fingerprint density at radius 1 is 1.18 bits per heavy atom. The van der Waals surface area contributed by atoms with E-state index in [9.17, 15) is 22.8 Å². The molecule has 3 rings (SSSR count). The highest BCUT2D eigenvalue weighted by atomic mass is 19.4. The second kappa shape index (κ2) is 9.45. The molecule has 1 atom stereocenters. The number of nitrogens with zero attached hydrogens (tertiary/aromatic N) is 3. The number of anilines is 3. The number of piperidine rings is 1. The van der Waals surface area contributed by atoms with Crippen molar-refractivity contribution in [3.63, 3.8) is 0 Å². The Morgan fingerprint density at radius 2 is 1.85 bits per heavy atom. The molecule has 0 spiro atoms. The Morgan fingerprint density at radius 3 is 2.44 bits per heavy atom. The molecule has 0 saturated carbocycles. The number of hydrogen-bond acceptors (Lipinski definition) is 7.